The van der Waals surface area contributed by atoms with Crippen LogP contribution in [-0.2, 0) is 0 Å². The van der Waals surface area contributed by atoms with Crippen LogP contribution < -0.4 is 0 Å². The highest BCUT2D eigenvalue weighted by molar-refractivity contribution is 8.16. The van der Waals surface area contributed by atoms with Crippen LogP contribution in [-0.4, -0.2) is 22.6 Å². The van der Waals surface area contributed by atoms with E-state index in [1.165, 1.54) is 0 Å². The largest absolute Gasteiger partial charge is 0.286 e. The summed E-state index contributed by atoms with van der Waals surface area (Å²) in [4.78, 5) is 16.1. The van der Waals surface area contributed by atoms with E-state index in [1.807, 2.05) is 37.3 Å². The van der Waals surface area contributed by atoms with Crippen LogP contribution in [0.3, 0.4) is 0 Å². The molecule has 0 aromatic heterocycles. The lowest BCUT2D eigenvalue weighted by Gasteiger charge is -1.97. The fourth-order valence-corrected chi connectivity index (χ4v) is 2.29. The minimum Gasteiger partial charge on any atom is -0.286 e. The molecule has 1 heterocycles. The maximum Gasteiger partial charge on any atom is 0.217 e. The number of ketones is 1. The van der Waals surface area contributed by atoms with Crippen LogP contribution in [0.1, 0.15) is 17.3 Å². The third-order valence-corrected chi connectivity index (χ3v) is 3.24. The normalized spacial score (nSPS) is 20.6. The Bertz CT molecular complexity index is 372. The van der Waals surface area contributed by atoms with E-state index in [1.54, 1.807) is 11.8 Å². The zero-order valence-electron chi connectivity index (χ0n) is 7.93. The summed E-state index contributed by atoms with van der Waals surface area (Å²) in [6.45, 7) is 2.03. The number of hydrogen-bond acceptors (Lipinski definition) is 3. The fraction of sp³-hybridized carbons (Fsp3) is 0.273. The first-order valence-corrected chi connectivity index (χ1v) is 5.56. The SMILES string of the molecule is CC1CSC(C(=O)c2ccccc2)=N1. The van der Waals surface area contributed by atoms with Crippen molar-refractivity contribution < 1.29 is 4.79 Å². The summed E-state index contributed by atoms with van der Waals surface area (Å²) in [5, 5.41) is 0.656. The Morgan fingerprint density at radius 2 is 2.14 bits per heavy atom. The minimum atomic E-state index is 0.0555. The molecule has 1 unspecified atom stereocenters. The summed E-state index contributed by atoms with van der Waals surface area (Å²) in [7, 11) is 0. The molecular weight excluding hydrogens is 194 g/mol. The highest BCUT2D eigenvalue weighted by atomic mass is 32.2. The fourth-order valence-electron chi connectivity index (χ4n) is 1.31. The number of carbonyl (C=O) groups excluding carboxylic acids is 1. The van der Waals surface area contributed by atoms with Crippen molar-refractivity contribution in [1.29, 1.82) is 0 Å². The molecule has 0 bridgehead atoms. The minimum absolute atomic E-state index is 0.0555. The molecule has 72 valence electrons. The lowest BCUT2D eigenvalue weighted by molar-refractivity contribution is 0.106. The van der Waals surface area contributed by atoms with Crippen LogP contribution in [0.15, 0.2) is 35.3 Å². The molecule has 0 N–H and O–H groups in total. The number of hydrogen-bond donors (Lipinski definition) is 0. The van der Waals surface area contributed by atoms with Crippen molar-refractivity contribution in [1.82, 2.24) is 0 Å². The van der Waals surface area contributed by atoms with Crippen molar-refractivity contribution in [2.45, 2.75) is 13.0 Å². The molecule has 0 radical (unpaired) electrons. The molecule has 0 amide bonds. The maximum absolute atomic E-state index is 11.8. The Labute approximate surface area is 87.4 Å². The van der Waals surface area contributed by atoms with Crippen molar-refractivity contribution in [3.63, 3.8) is 0 Å². The molecule has 1 aliphatic rings. The zero-order valence-corrected chi connectivity index (χ0v) is 8.75. The van der Waals surface area contributed by atoms with Gasteiger partial charge in [0, 0.05) is 11.3 Å². The monoisotopic (exact) mass is 205 g/mol. The first kappa shape index (κ1) is 9.46. The second-order valence-corrected chi connectivity index (χ2v) is 4.30. The van der Waals surface area contributed by atoms with Crippen LogP contribution in [0.5, 0.6) is 0 Å². The number of rotatable bonds is 2. The Hall–Kier alpha value is -1.09. The van der Waals surface area contributed by atoms with Crippen molar-refractivity contribution in [3.8, 4) is 0 Å². The predicted octanol–water partition coefficient (Wildman–Crippen LogP) is 2.40. The van der Waals surface area contributed by atoms with Gasteiger partial charge in [0.1, 0.15) is 5.04 Å². The predicted molar refractivity (Wildman–Crippen MR) is 60.1 cm³/mol. The van der Waals surface area contributed by atoms with Gasteiger partial charge in [-0.3, -0.25) is 9.79 Å². The van der Waals surface area contributed by atoms with E-state index in [-0.39, 0.29) is 11.8 Å². The molecule has 0 saturated carbocycles. The Balaban J connectivity index is 2.21. The van der Waals surface area contributed by atoms with Crippen LogP contribution in [0.25, 0.3) is 0 Å². The highest BCUT2D eigenvalue weighted by Crippen LogP contribution is 2.20. The summed E-state index contributed by atoms with van der Waals surface area (Å²) in [6.07, 6.45) is 0. The second-order valence-electron chi connectivity index (χ2n) is 3.29. The third kappa shape index (κ3) is 1.87. The topological polar surface area (TPSA) is 29.4 Å². The van der Waals surface area contributed by atoms with Gasteiger partial charge in [0.25, 0.3) is 0 Å². The quantitative estimate of drug-likeness (QED) is 0.694. The molecule has 0 fully saturated rings. The smallest absolute Gasteiger partial charge is 0.217 e. The Morgan fingerprint density at radius 1 is 1.43 bits per heavy atom. The highest BCUT2D eigenvalue weighted by Gasteiger charge is 2.21. The van der Waals surface area contributed by atoms with E-state index in [0.717, 1.165) is 11.3 Å². The molecule has 1 atom stereocenters. The number of carbonyl (C=O) groups is 1. The van der Waals surface area contributed by atoms with Crippen molar-refractivity contribution in [2.24, 2.45) is 4.99 Å². The number of Topliss-reactive ketones (excluding diaryl/α,β-unsaturated/α-hetero) is 1. The molecule has 14 heavy (non-hydrogen) atoms. The van der Waals surface area contributed by atoms with E-state index in [9.17, 15) is 4.79 Å². The molecule has 2 rings (SSSR count). The number of thioether (sulfide) groups is 1. The summed E-state index contributed by atoms with van der Waals surface area (Å²) in [6, 6.07) is 9.59. The van der Waals surface area contributed by atoms with Gasteiger partial charge < -0.3 is 0 Å². The van der Waals surface area contributed by atoms with Gasteiger partial charge in [-0.2, -0.15) is 0 Å². The molecule has 1 aromatic carbocycles. The van der Waals surface area contributed by atoms with Crippen LogP contribution in [0.2, 0.25) is 0 Å². The molecular formula is C11H11NOS. The molecule has 1 aliphatic heterocycles. The molecule has 0 aliphatic carbocycles. The number of nitrogens with zero attached hydrogens (tertiary/aromatic N) is 1. The molecule has 0 spiro atoms. The van der Waals surface area contributed by atoms with Gasteiger partial charge in [0.2, 0.25) is 5.78 Å². The Kier molecular flexibility index (Phi) is 2.68. The Morgan fingerprint density at radius 3 is 2.71 bits per heavy atom. The zero-order chi connectivity index (χ0) is 9.97. The van der Waals surface area contributed by atoms with Gasteiger partial charge in [-0.15, -0.1) is 11.8 Å². The molecule has 1 aromatic rings. The average Bonchev–Trinajstić information content (AvgIpc) is 2.65. The van der Waals surface area contributed by atoms with Gasteiger partial charge in [0.15, 0.2) is 0 Å². The van der Waals surface area contributed by atoms with E-state index in [0.29, 0.717) is 5.04 Å². The number of aliphatic imine (C=N–C) groups is 1. The molecule has 2 nitrogen and oxygen atoms in total. The van der Waals surface area contributed by atoms with E-state index >= 15 is 0 Å². The van der Waals surface area contributed by atoms with Crippen molar-refractivity contribution in [3.05, 3.63) is 35.9 Å². The second kappa shape index (κ2) is 3.96. The first-order chi connectivity index (χ1) is 6.77. The summed E-state index contributed by atoms with van der Waals surface area (Å²) >= 11 is 1.55. The summed E-state index contributed by atoms with van der Waals surface area (Å²) in [5.41, 5.74) is 0.729. The van der Waals surface area contributed by atoms with Crippen molar-refractivity contribution in [2.75, 3.05) is 5.75 Å². The maximum atomic E-state index is 11.8. The van der Waals surface area contributed by atoms with Gasteiger partial charge in [0.05, 0.1) is 6.04 Å². The molecule has 3 heteroatoms. The van der Waals surface area contributed by atoms with E-state index < -0.39 is 0 Å². The molecule has 0 saturated heterocycles. The van der Waals surface area contributed by atoms with Gasteiger partial charge in [-0.05, 0) is 6.92 Å². The first-order valence-electron chi connectivity index (χ1n) is 4.58. The van der Waals surface area contributed by atoms with Crippen LogP contribution >= 0.6 is 11.8 Å². The van der Waals surface area contributed by atoms with Gasteiger partial charge in [-0.1, -0.05) is 30.3 Å². The lowest BCUT2D eigenvalue weighted by Crippen LogP contribution is -2.08. The van der Waals surface area contributed by atoms with E-state index in [4.69, 9.17) is 0 Å². The van der Waals surface area contributed by atoms with Crippen molar-refractivity contribution >= 4 is 22.6 Å². The van der Waals surface area contributed by atoms with Crippen LogP contribution in [0, 0.1) is 0 Å². The lowest BCUT2D eigenvalue weighted by atomic mass is 10.1. The standard InChI is InChI=1S/C11H11NOS/c1-8-7-14-11(12-8)10(13)9-5-3-2-4-6-9/h2-6,8H,7H2,1H3. The van der Waals surface area contributed by atoms with E-state index in [2.05, 4.69) is 4.99 Å². The summed E-state index contributed by atoms with van der Waals surface area (Å²) in [5.74, 6) is 0.980. The van der Waals surface area contributed by atoms with Gasteiger partial charge >= 0.3 is 0 Å². The average molecular weight is 205 g/mol. The van der Waals surface area contributed by atoms with Gasteiger partial charge in [-0.25, -0.2) is 0 Å². The van der Waals surface area contributed by atoms with Crippen LogP contribution in [0.4, 0.5) is 0 Å². The third-order valence-electron chi connectivity index (χ3n) is 2.03. The number of benzene rings is 1. The summed E-state index contributed by atoms with van der Waals surface area (Å²) < 4.78 is 0.